The monoisotopic (exact) mass is 440 g/mol. The van der Waals surface area contributed by atoms with E-state index in [0.717, 1.165) is 11.8 Å². The zero-order chi connectivity index (χ0) is 21.4. The van der Waals surface area contributed by atoms with Gasteiger partial charge in [0.2, 0.25) is 15.9 Å². The molecule has 9 heteroatoms. The molecule has 0 aliphatic carbocycles. The van der Waals surface area contributed by atoms with E-state index in [4.69, 9.17) is 21.1 Å². The van der Waals surface area contributed by atoms with Crippen LogP contribution in [-0.4, -0.2) is 41.3 Å². The van der Waals surface area contributed by atoms with Crippen LogP contribution in [0.15, 0.2) is 42.5 Å². The zero-order valence-electron chi connectivity index (χ0n) is 16.6. The summed E-state index contributed by atoms with van der Waals surface area (Å²) in [5, 5.41) is 3.14. The Bertz CT molecular complexity index is 950. The van der Waals surface area contributed by atoms with Crippen LogP contribution in [0.1, 0.15) is 18.4 Å². The van der Waals surface area contributed by atoms with Crippen LogP contribution in [-0.2, 0) is 21.4 Å². The number of nitrogens with one attached hydrogen (secondary N) is 1. The predicted octanol–water partition coefficient (Wildman–Crippen LogP) is 3.22. The molecule has 0 heterocycles. The molecule has 0 radical (unpaired) electrons. The molecule has 0 aliphatic heterocycles. The van der Waals surface area contributed by atoms with Crippen molar-refractivity contribution in [3.63, 3.8) is 0 Å². The van der Waals surface area contributed by atoms with E-state index in [1.165, 1.54) is 17.5 Å². The second-order valence-electron chi connectivity index (χ2n) is 6.35. The number of ether oxygens (including phenoxy) is 2. The number of hydrogen-bond donors (Lipinski definition) is 1. The highest BCUT2D eigenvalue weighted by Crippen LogP contribution is 2.30. The van der Waals surface area contributed by atoms with Crippen LogP contribution in [0, 0.1) is 0 Å². The van der Waals surface area contributed by atoms with Crippen LogP contribution in [0.25, 0.3) is 0 Å². The van der Waals surface area contributed by atoms with Crippen molar-refractivity contribution in [3.8, 4) is 11.5 Å². The molecular weight excluding hydrogens is 416 g/mol. The van der Waals surface area contributed by atoms with E-state index in [1.54, 1.807) is 19.2 Å². The highest BCUT2D eigenvalue weighted by atomic mass is 35.5. The Hall–Kier alpha value is -2.45. The molecule has 0 saturated heterocycles. The van der Waals surface area contributed by atoms with Crippen molar-refractivity contribution in [2.24, 2.45) is 0 Å². The van der Waals surface area contributed by atoms with Crippen LogP contribution in [0.3, 0.4) is 0 Å². The van der Waals surface area contributed by atoms with E-state index in [1.807, 2.05) is 24.3 Å². The molecule has 29 heavy (non-hydrogen) atoms. The molecule has 2 rings (SSSR count). The fourth-order valence-corrected chi connectivity index (χ4v) is 4.02. The number of sulfonamides is 1. The highest BCUT2D eigenvalue weighted by Gasteiger charge is 2.19. The van der Waals surface area contributed by atoms with Crippen molar-refractivity contribution in [2.75, 3.05) is 31.3 Å². The molecule has 2 aromatic rings. The summed E-state index contributed by atoms with van der Waals surface area (Å²) in [5.74, 6) is 0.990. The molecule has 0 fully saturated rings. The van der Waals surface area contributed by atoms with Crippen LogP contribution in [0.5, 0.6) is 11.5 Å². The van der Waals surface area contributed by atoms with Gasteiger partial charge < -0.3 is 14.8 Å². The molecule has 0 saturated carbocycles. The minimum atomic E-state index is -3.53. The predicted molar refractivity (Wildman–Crippen MR) is 114 cm³/mol. The summed E-state index contributed by atoms with van der Waals surface area (Å²) in [6.45, 7) is 0.496. The Morgan fingerprint density at radius 1 is 1.10 bits per heavy atom. The lowest BCUT2D eigenvalue weighted by Gasteiger charge is -2.23. The van der Waals surface area contributed by atoms with Gasteiger partial charge in [0, 0.05) is 25.1 Å². The summed E-state index contributed by atoms with van der Waals surface area (Å²) < 4.78 is 36.0. The van der Waals surface area contributed by atoms with Crippen molar-refractivity contribution in [1.82, 2.24) is 5.32 Å². The quantitative estimate of drug-likeness (QED) is 0.613. The fourth-order valence-electron chi connectivity index (χ4n) is 2.81. The summed E-state index contributed by atoms with van der Waals surface area (Å²) in [6.07, 6.45) is 1.66. The summed E-state index contributed by atoms with van der Waals surface area (Å²) >= 11 is 6.11. The SMILES string of the molecule is COc1ccc(N(CCCC(=O)NCc2ccccc2OC)S(C)(=O)=O)cc1Cl. The molecule has 2 aromatic carbocycles. The third kappa shape index (κ3) is 6.54. The number of methoxy groups -OCH3 is 2. The first-order chi connectivity index (χ1) is 13.8. The number of para-hydroxylation sites is 1. The van der Waals surface area contributed by atoms with E-state index in [9.17, 15) is 13.2 Å². The summed E-state index contributed by atoms with van der Waals surface area (Å²) in [4.78, 5) is 12.2. The third-order valence-electron chi connectivity index (χ3n) is 4.26. The molecule has 7 nitrogen and oxygen atoms in total. The van der Waals surface area contributed by atoms with Gasteiger partial charge in [-0.25, -0.2) is 8.42 Å². The molecule has 0 unspecified atom stereocenters. The van der Waals surface area contributed by atoms with E-state index < -0.39 is 10.0 Å². The number of anilines is 1. The van der Waals surface area contributed by atoms with Crippen molar-refractivity contribution < 1.29 is 22.7 Å². The Morgan fingerprint density at radius 3 is 2.41 bits per heavy atom. The molecule has 0 aromatic heterocycles. The second kappa shape index (κ2) is 10.4. The van der Waals surface area contributed by atoms with Crippen LogP contribution < -0.4 is 19.1 Å². The van der Waals surface area contributed by atoms with E-state index in [-0.39, 0.29) is 18.9 Å². The lowest BCUT2D eigenvalue weighted by Crippen LogP contribution is -2.32. The normalized spacial score (nSPS) is 11.0. The van der Waals surface area contributed by atoms with Gasteiger partial charge in [0.05, 0.1) is 31.2 Å². The van der Waals surface area contributed by atoms with Gasteiger partial charge in [-0.3, -0.25) is 9.10 Å². The maximum absolute atomic E-state index is 12.2. The number of halogens is 1. The van der Waals surface area contributed by atoms with Crippen molar-refractivity contribution in [3.05, 3.63) is 53.1 Å². The smallest absolute Gasteiger partial charge is 0.232 e. The van der Waals surface area contributed by atoms with Crippen molar-refractivity contribution >= 4 is 33.2 Å². The number of amides is 1. The van der Waals surface area contributed by atoms with Gasteiger partial charge in [0.25, 0.3) is 0 Å². The lowest BCUT2D eigenvalue weighted by atomic mass is 10.2. The molecular formula is C20H25ClN2O5S. The number of hydrogen-bond acceptors (Lipinski definition) is 5. The lowest BCUT2D eigenvalue weighted by molar-refractivity contribution is -0.121. The van der Waals surface area contributed by atoms with Gasteiger partial charge in [-0.2, -0.15) is 0 Å². The topological polar surface area (TPSA) is 84.9 Å². The zero-order valence-corrected chi connectivity index (χ0v) is 18.2. The van der Waals surface area contributed by atoms with Crippen LogP contribution >= 0.6 is 11.6 Å². The standard InChI is InChI=1S/C20H25ClN2O5S/c1-27-18-8-5-4-7-15(18)14-22-20(24)9-6-12-23(29(3,25)26)16-10-11-19(28-2)17(21)13-16/h4-5,7-8,10-11,13H,6,9,12,14H2,1-3H3,(H,22,24). The highest BCUT2D eigenvalue weighted by molar-refractivity contribution is 7.92. The number of carbonyl (C=O) groups excluding carboxylic acids is 1. The Balaban J connectivity index is 1.94. The van der Waals surface area contributed by atoms with E-state index >= 15 is 0 Å². The minimum absolute atomic E-state index is 0.156. The molecule has 1 N–H and O–H groups in total. The first kappa shape index (κ1) is 22.8. The summed E-state index contributed by atoms with van der Waals surface area (Å²) in [7, 11) is -0.471. The number of carbonyl (C=O) groups is 1. The third-order valence-corrected chi connectivity index (χ3v) is 5.75. The van der Waals surface area contributed by atoms with Gasteiger partial charge in [0.15, 0.2) is 0 Å². The average molecular weight is 441 g/mol. The Labute approximate surface area is 176 Å². The molecule has 0 spiro atoms. The molecule has 158 valence electrons. The largest absolute Gasteiger partial charge is 0.496 e. The minimum Gasteiger partial charge on any atom is -0.496 e. The number of benzene rings is 2. The maximum atomic E-state index is 12.2. The average Bonchev–Trinajstić information content (AvgIpc) is 2.68. The van der Waals surface area contributed by atoms with Crippen LogP contribution in [0.4, 0.5) is 5.69 Å². The second-order valence-corrected chi connectivity index (χ2v) is 8.66. The maximum Gasteiger partial charge on any atom is 0.232 e. The van der Waals surface area contributed by atoms with Gasteiger partial charge in [-0.15, -0.1) is 0 Å². The van der Waals surface area contributed by atoms with Gasteiger partial charge in [-0.05, 0) is 30.7 Å². The molecule has 1 amide bonds. The number of nitrogens with zero attached hydrogens (tertiary/aromatic N) is 1. The van der Waals surface area contributed by atoms with E-state index in [0.29, 0.717) is 35.2 Å². The fraction of sp³-hybridized carbons (Fsp3) is 0.350. The molecule has 0 aliphatic rings. The summed E-state index contributed by atoms with van der Waals surface area (Å²) in [5.41, 5.74) is 1.29. The summed E-state index contributed by atoms with van der Waals surface area (Å²) in [6, 6.07) is 12.2. The van der Waals surface area contributed by atoms with Gasteiger partial charge >= 0.3 is 0 Å². The first-order valence-corrected chi connectivity index (χ1v) is 11.2. The molecule has 0 atom stereocenters. The van der Waals surface area contributed by atoms with Crippen molar-refractivity contribution in [1.29, 1.82) is 0 Å². The van der Waals surface area contributed by atoms with Gasteiger partial charge in [-0.1, -0.05) is 29.8 Å². The Morgan fingerprint density at radius 2 is 1.79 bits per heavy atom. The van der Waals surface area contributed by atoms with Crippen molar-refractivity contribution in [2.45, 2.75) is 19.4 Å². The first-order valence-electron chi connectivity index (χ1n) is 8.96. The number of rotatable bonds is 10. The van der Waals surface area contributed by atoms with Gasteiger partial charge in [0.1, 0.15) is 11.5 Å². The van der Waals surface area contributed by atoms with E-state index in [2.05, 4.69) is 5.32 Å². The molecule has 0 bridgehead atoms. The van der Waals surface area contributed by atoms with Crippen LogP contribution in [0.2, 0.25) is 5.02 Å². The Kier molecular flexibility index (Phi) is 8.16.